The molecule has 0 aliphatic heterocycles. The third-order valence-electron chi connectivity index (χ3n) is 11.2. The Hall–Kier alpha value is -4.20. The first-order valence-electron chi connectivity index (χ1n) is 17.9. The van der Waals surface area contributed by atoms with E-state index in [0.29, 0.717) is 19.3 Å². The minimum Gasteiger partial charge on any atom is -0.504 e. The van der Waals surface area contributed by atoms with E-state index in [2.05, 4.69) is 21.3 Å². The van der Waals surface area contributed by atoms with Gasteiger partial charge in [0.15, 0.2) is 11.5 Å². The van der Waals surface area contributed by atoms with Gasteiger partial charge < -0.3 is 31.5 Å². The Kier molecular flexibility index (Phi) is 9.81. The molecule has 7 rings (SSSR count). The average molecular weight is 852 g/mol. The van der Waals surface area contributed by atoms with Gasteiger partial charge in [-0.3, -0.25) is 19.2 Å². The predicted octanol–water partition coefficient (Wildman–Crippen LogP) is 3.98. The maximum Gasteiger partial charge on any atom is 0.253 e. The van der Waals surface area contributed by atoms with E-state index in [1.165, 1.54) is 45.4 Å². The van der Waals surface area contributed by atoms with Crippen molar-refractivity contribution < 1.29 is 27.0 Å². The zero-order valence-corrected chi connectivity index (χ0v) is 33.9. The number of rotatable bonds is 17. The van der Waals surface area contributed by atoms with Crippen LogP contribution in [0.4, 0.5) is 34.1 Å². The molecule has 4 aromatic rings. The van der Waals surface area contributed by atoms with Gasteiger partial charge in [-0.05, 0) is 74.6 Å². The molecule has 0 bridgehead atoms. The number of hydrogen-bond acceptors (Lipinski definition) is 14. The van der Waals surface area contributed by atoms with E-state index >= 15 is 0 Å². The van der Waals surface area contributed by atoms with Crippen molar-refractivity contribution in [2.24, 2.45) is 11.8 Å². The number of phenolic OH excluding ortho intramolecular Hbond substituents is 2. The summed E-state index contributed by atoms with van der Waals surface area (Å²) in [7, 11) is -4.72. The van der Waals surface area contributed by atoms with Gasteiger partial charge in [0.25, 0.3) is 21.7 Å². The van der Waals surface area contributed by atoms with Gasteiger partial charge in [-0.25, -0.2) is 25.4 Å². The van der Waals surface area contributed by atoms with Gasteiger partial charge in [0.05, 0.1) is 21.4 Å². The summed E-state index contributed by atoms with van der Waals surface area (Å²) in [5.74, 6) is -1.73. The third-order valence-corrected chi connectivity index (χ3v) is 15.8. The van der Waals surface area contributed by atoms with Gasteiger partial charge in [0.1, 0.15) is 32.5 Å². The molecule has 56 heavy (non-hydrogen) atoms. The van der Waals surface area contributed by atoms with Crippen molar-refractivity contribution in [3.05, 3.63) is 75.2 Å². The van der Waals surface area contributed by atoms with Crippen LogP contribution >= 0.6 is 23.2 Å². The van der Waals surface area contributed by atoms with Gasteiger partial charge in [-0.15, -0.1) is 0 Å². The van der Waals surface area contributed by atoms with E-state index in [1.54, 1.807) is 0 Å². The van der Waals surface area contributed by atoms with E-state index in [-0.39, 0.29) is 68.1 Å². The lowest BCUT2D eigenvalue weighted by Gasteiger charge is -2.24. The fourth-order valence-electron chi connectivity index (χ4n) is 7.51. The molecule has 3 saturated carbocycles. The number of halogens is 2. The van der Waals surface area contributed by atoms with Crippen LogP contribution in [0.3, 0.4) is 0 Å². The highest BCUT2D eigenvalue weighted by atomic mass is 35.5. The molecule has 0 saturated heterocycles. The molecule has 2 atom stereocenters. The first-order valence-corrected chi connectivity index (χ1v) is 21.5. The molecule has 16 nitrogen and oxygen atoms in total. The van der Waals surface area contributed by atoms with Crippen LogP contribution in [0.25, 0.3) is 0 Å². The van der Waals surface area contributed by atoms with Crippen LogP contribution in [0.1, 0.15) is 51.9 Å². The molecule has 4 aromatic carbocycles. The standard InChI is InChI=1S/C36H40Cl2N6O10S2/c1-5-10-35(11-12-35)41-25-23(29(47)31(25)49)39-22-9-7-20(38)34(28(22)46)56(53,54)44(4)16-17-15-18(17)36(13-14-36)42-26-24(30(48)32(26)50)40-21-8-6-19(37)33(27(21)45)55(51,52)43(2)3/h6-9,17-18,39-42,45-46H,5,10-16H2,1-4H3. The van der Waals surface area contributed by atoms with Crippen molar-refractivity contribution in [3.63, 3.8) is 0 Å². The van der Waals surface area contributed by atoms with Crippen molar-refractivity contribution in [2.45, 2.75) is 72.7 Å². The second-order valence-corrected chi connectivity index (χ2v) is 20.1. The summed E-state index contributed by atoms with van der Waals surface area (Å²) >= 11 is 12.5. The average Bonchev–Trinajstić information content (AvgIpc) is 4.04. The predicted molar refractivity (Wildman–Crippen MR) is 214 cm³/mol. The molecule has 3 fully saturated rings. The molecule has 20 heteroatoms. The summed E-state index contributed by atoms with van der Waals surface area (Å²) in [5, 5.41) is 33.4. The summed E-state index contributed by atoms with van der Waals surface area (Å²) in [5.41, 5.74) is -4.51. The highest BCUT2D eigenvalue weighted by Crippen LogP contribution is 2.59. The normalized spacial score (nSPS) is 19.7. The maximum absolute atomic E-state index is 13.9. The Morgan fingerprint density at radius 3 is 1.62 bits per heavy atom. The smallest absolute Gasteiger partial charge is 0.253 e. The van der Waals surface area contributed by atoms with E-state index in [1.807, 2.05) is 6.92 Å². The second-order valence-electron chi connectivity index (χ2n) is 15.2. The monoisotopic (exact) mass is 850 g/mol. The Morgan fingerprint density at radius 2 is 1.18 bits per heavy atom. The van der Waals surface area contributed by atoms with Gasteiger partial charge in [-0.1, -0.05) is 36.5 Å². The van der Waals surface area contributed by atoms with Crippen LogP contribution in [-0.2, 0) is 20.0 Å². The number of sulfonamides is 2. The van der Waals surface area contributed by atoms with Gasteiger partial charge in [-0.2, -0.15) is 0 Å². The van der Waals surface area contributed by atoms with Crippen LogP contribution in [0.5, 0.6) is 11.5 Å². The number of anilines is 6. The van der Waals surface area contributed by atoms with Gasteiger partial charge >= 0.3 is 0 Å². The van der Waals surface area contributed by atoms with Crippen molar-refractivity contribution in [3.8, 4) is 11.5 Å². The highest BCUT2D eigenvalue weighted by molar-refractivity contribution is 7.89. The molecule has 6 N–H and O–H groups in total. The topological polar surface area (TPSA) is 232 Å². The molecular weight excluding hydrogens is 811 g/mol. The molecule has 0 spiro atoms. The number of phenols is 2. The lowest BCUT2D eigenvalue weighted by molar-refractivity contribution is 0.421. The second kappa shape index (κ2) is 13.7. The summed E-state index contributed by atoms with van der Waals surface area (Å²) in [4.78, 5) is 49.3. The molecular formula is C36H40Cl2N6O10S2. The Bertz CT molecular complexity index is 2660. The summed E-state index contributed by atoms with van der Waals surface area (Å²) < 4.78 is 55.4. The third kappa shape index (κ3) is 6.62. The fourth-order valence-corrected chi connectivity index (χ4v) is 10.8. The molecule has 0 radical (unpaired) electrons. The van der Waals surface area contributed by atoms with E-state index < -0.39 is 68.6 Å². The zero-order chi connectivity index (χ0) is 40.9. The SMILES string of the molecule is CCCC1(Nc2c(Nc3ccc(Cl)c(S(=O)(=O)N(C)CC4CC4C4(Nc5c(Nc6ccc(Cl)c(S(=O)(=O)N(C)C)c6O)c(=O)c5=O)CC4)c3O)c(=O)c2=O)CC1. The lowest BCUT2D eigenvalue weighted by Crippen LogP contribution is -2.41. The lowest BCUT2D eigenvalue weighted by atomic mass is 10.1. The maximum atomic E-state index is 13.9. The van der Waals surface area contributed by atoms with Gasteiger partial charge in [0.2, 0.25) is 20.0 Å². The number of nitrogens with zero attached hydrogens (tertiary/aromatic N) is 2. The highest BCUT2D eigenvalue weighted by Gasteiger charge is 2.60. The first-order chi connectivity index (χ1) is 26.2. The van der Waals surface area contributed by atoms with Crippen LogP contribution in [0.2, 0.25) is 10.0 Å². The summed E-state index contributed by atoms with van der Waals surface area (Å²) in [6.45, 7) is 2.04. The molecule has 0 heterocycles. The molecule has 300 valence electrons. The molecule has 0 amide bonds. The fraction of sp³-hybridized carbons (Fsp3) is 0.444. The Balaban J connectivity index is 1.05. The first kappa shape index (κ1) is 40.0. The van der Waals surface area contributed by atoms with Crippen LogP contribution in [0, 0.1) is 11.8 Å². The molecule has 0 aromatic heterocycles. The van der Waals surface area contributed by atoms with E-state index in [0.717, 1.165) is 34.3 Å². The van der Waals surface area contributed by atoms with Crippen molar-refractivity contribution >= 4 is 77.4 Å². The minimum absolute atomic E-state index is 0.0222. The minimum atomic E-state index is -4.41. The molecule has 2 unspecified atom stereocenters. The zero-order valence-electron chi connectivity index (χ0n) is 30.7. The number of aromatic hydroxyl groups is 2. The van der Waals surface area contributed by atoms with Gasteiger partial charge in [0, 0.05) is 38.8 Å². The quantitative estimate of drug-likeness (QED) is 0.0652. The van der Waals surface area contributed by atoms with Crippen molar-refractivity contribution in [2.75, 3.05) is 49.0 Å². The molecule has 3 aliphatic rings. The Morgan fingerprint density at radius 1 is 0.714 bits per heavy atom. The van der Waals surface area contributed by atoms with Crippen LogP contribution in [-0.4, -0.2) is 74.4 Å². The summed E-state index contributed by atoms with van der Waals surface area (Å²) in [6.07, 6.45) is 5.19. The molecule has 3 aliphatic carbocycles. The van der Waals surface area contributed by atoms with Crippen LogP contribution < -0.4 is 43.0 Å². The van der Waals surface area contributed by atoms with Crippen molar-refractivity contribution in [1.82, 2.24) is 8.61 Å². The van der Waals surface area contributed by atoms with Crippen LogP contribution in [0.15, 0.2) is 53.2 Å². The Labute approximate surface area is 331 Å². The van der Waals surface area contributed by atoms with Crippen molar-refractivity contribution in [1.29, 1.82) is 0 Å². The number of benzene rings is 2. The largest absolute Gasteiger partial charge is 0.504 e. The number of hydrogen-bond donors (Lipinski definition) is 6. The number of nitrogens with one attached hydrogen (secondary N) is 4. The van der Waals surface area contributed by atoms with E-state index in [4.69, 9.17) is 23.2 Å². The summed E-state index contributed by atoms with van der Waals surface area (Å²) in [6, 6.07) is 5.10. The van der Waals surface area contributed by atoms with E-state index in [9.17, 15) is 46.2 Å².